The van der Waals surface area contributed by atoms with E-state index in [0.717, 1.165) is 17.5 Å². The highest BCUT2D eigenvalue weighted by Crippen LogP contribution is 2.24. The number of hydrogen-bond donors (Lipinski definition) is 1. The lowest BCUT2D eigenvalue weighted by Gasteiger charge is -2.31. The van der Waals surface area contributed by atoms with Crippen LogP contribution in [0.3, 0.4) is 0 Å². The number of amides is 2. The van der Waals surface area contributed by atoms with Gasteiger partial charge < -0.3 is 19.7 Å². The highest BCUT2D eigenvalue weighted by atomic mass is 35.5. The molecule has 0 bridgehead atoms. The van der Waals surface area contributed by atoms with Crippen LogP contribution in [0.15, 0.2) is 36.5 Å². The Bertz CT molecular complexity index is 880. The number of likely N-dealkylation sites (tertiary alicyclic amines) is 1. The van der Waals surface area contributed by atoms with Crippen molar-refractivity contribution < 1.29 is 19.1 Å². The average Bonchev–Trinajstić information content (AvgIpc) is 2.78. The average molecular weight is 432 g/mol. The molecule has 8 heteroatoms. The Labute approximate surface area is 181 Å². The van der Waals surface area contributed by atoms with Crippen molar-refractivity contribution in [2.45, 2.75) is 38.8 Å². The monoisotopic (exact) mass is 431 g/mol. The summed E-state index contributed by atoms with van der Waals surface area (Å²) >= 11 is 5.89. The van der Waals surface area contributed by atoms with Gasteiger partial charge in [0.05, 0.1) is 7.11 Å². The maximum Gasteiger partial charge on any atom is 0.409 e. The molecule has 1 aromatic carbocycles. The van der Waals surface area contributed by atoms with Crippen LogP contribution in [0.5, 0.6) is 5.75 Å². The van der Waals surface area contributed by atoms with Crippen LogP contribution in [0.4, 0.5) is 4.79 Å². The van der Waals surface area contributed by atoms with Gasteiger partial charge in [0.1, 0.15) is 17.5 Å². The van der Waals surface area contributed by atoms with Crippen molar-refractivity contribution in [2.75, 3.05) is 20.2 Å². The molecule has 1 N–H and O–H groups in total. The summed E-state index contributed by atoms with van der Waals surface area (Å²) in [5.74, 6) is 0.402. The molecule has 30 heavy (non-hydrogen) atoms. The van der Waals surface area contributed by atoms with Crippen LogP contribution in [-0.2, 0) is 17.7 Å². The molecule has 0 saturated carbocycles. The van der Waals surface area contributed by atoms with Crippen molar-refractivity contribution >= 4 is 23.6 Å². The van der Waals surface area contributed by atoms with Gasteiger partial charge in [0, 0.05) is 55.3 Å². The number of rotatable bonds is 6. The minimum Gasteiger partial charge on any atom is -0.490 e. The molecule has 0 aliphatic carbocycles. The summed E-state index contributed by atoms with van der Waals surface area (Å²) in [5, 5.41) is 3.52. The van der Waals surface area contributed by atoms with E-state index in [4.69, 9.17) is 21.1 Å². The summed E-state index contributed by atoms with van der Waals surface area (Å²) in [4.78, 5) is 30.2. The maximum absolute atomic E-state index is 12.6. The van der Waals surface area contributed by atoms with Gasteiger partial charge in [-0.1, -0.05) is 30.7 Å². The van der Waals surface area contributed by atoms with E-state index < -0.39 is 0 Å². The zero-order chi connectivity index (χ0) is 21.5. The van der Waals surface area contributed by atoms with Gasteiger partial charge in [0.2, 0.25) is 0 Å². The second-order valence-corrected chi connectivity index (χ2v) is 7.55. The quantitative estimate of drug-likeness (QED) is 0.751. The normalized spacial score (nSPS) is 14.3. The molecule has 1 saturated heterocycles. The van der Waals surface area contributed by atoms with Crippen LogP contribution < -0.4 is 10.1 Å². The number of ether oxygens (including phenoxy) is 2. The number of pyridine rings is 1. The molecule has 0 radical (unpaired) electrons. The smallest absolute Gasteiger partial charge is 0.409 e. The Morgan fingerprint density at radius 3 is 2.57 bits per heavy atom. The molecule has 0 spiro atoms. The number of benzene rings is 1. The van der Waals surface area contributed by atoms with E-state index in [0.29, 0.717) is 48.9 Å². The second-order valence-electron chi connectivity index (χ2n) is 7.11. The number of carbonyl (C=O) groups is 2. The fourth-order valence-electron chi connectivity index (χ4n) is 3.30. The van der Waals surface area contributed by atoms with Crippen molar-refractivity contribution in [3.05, 3.63) is 58.4 Å². The lowest BCUT2D eigenvalue weighted by Crippen LogP contribution is -2.41. The van der Waals surface area contributed by atoms with Crippen LogP contribution in [0, 0.1) is 0 Å². The molecule has 3 rings (SSSR count). The lowest BCUT2D eigenvalue weighted by atomic mass is 10.1. The van der Waals surface area contributed by atoms with E-state index in [1.54, 1.807) is 29.3 Å². The molecule has 0 atom stereocenters. The molecule has 1 fully saturated rings. The van der Waals surface area contributed by atoms with E-state index in [9.17, 15) is 9.59 Å². The SMILES string of the molecule is CCc1cnc(C(=O)NCc2ccc(Cl)cc2)cc1OC1CCN(C(=O)OC)CC1. The molecule has 1 aliphatic rings. The number of aromatic nitrogens is 1. The van der Waals surface area contributed by atoms with Crippen LogP contribution in [-0.4, -0.2) is 48.2 Å². The Balaban J connectivity index is 1.62. The third-order valence-corrected chi connectivity index (χ3v) is 5.34. The van der Waals surface area contributed by atoms with Gasteiger partial charge in [0.15, 0.2) is 0 Å². The molecule has 7 nitrogen and oxygen atoms in total. The number of nitrogens with zero attached hydrogens (tertiary/aromatic N) is 2. The van der Waals surface area contributed by atoms with Gasteiger partial charge in [-0.15, -0.1) is 0 Å². The predicted molar refractivity (Wildman–Crippen MR) is 114 cm³/mol. The summed E-state index contributed by atoms with van der Waals surface area (Å²) < 4.78 is 11.0. The van der Waals surface area contributed by atoms with Crippen molar-refractivity contribution in [1.82, 2.24) is 15.2 Å². The molecule has 2 heterocycles. The predicted octanol–water partition coefficient (Wildman–Crippen LogP) is 3.84. The van der Waals surface area contributed by atoms with Crippen LogP contribution >= 0.6 is 11.6 Å². The molecule has 1 aliphatic heterocycles. The van der Waals surface area contributed by atoms with E-state index in [1.165, 1.54) is 7.11 Å². The third-order valence-electron chi connectivity index (χ3n) is 5.09. The first-order valence-corrected chi connectivity index (χ1v) is 10.4. The molecule has 1 aromatic heterocycles. The zero-order valence-electron chi connectivity index (χ0n) is 17.2. The summed E-state index contributed by atoms with van der Waals surface area (Å²) in [6, 6.07) is 9.00. The number of hydrogen-bond acceptors (Lipinski definition) is 5. The molecule has 160 valence electrons. The largest absolute Gasteiger partial charge is 0.490 e. The Morgan fingerprint density at radius 1 is 1.23 bits per heavy atom. The molecular weight excluding hydrogens is 406 g/mol. The Morgan fingerprint density at radius 2 is 1.93 bits per heavy atom. The van der Waals surface area contributed by atoms with Gasteiger partial charge >= 0.3 is 6.09 Å². The van der Waals surface area contributed by atoms with Gasteiger partial charge in [-0.2, -0.15) is 0 Å². The zero-order valence-corrected chi connectivity index (χ0v) is 17.9. The minimum atomic E-state index is -0.314. The molecular formula is C22H26ClN3O4. The van der Waals surface area contributed by atoms with Crippen molar-refractivity contribution in [1.29, 1.82) is 0 Å². The number of piperidine rings is 1. The molecule has 0 unspecified atom stereocenters. The summed E-state index contributed by atoms with van der Waals surface area (Å²) in [6.45, 7) is 3.57. The third kappa shape index (κ3) is 5.63. The highest BCUT2D eigenvalue weighted by molar-refractivity contribution is 6.30. The standard InChI is InChI=1S/C22H26ClN3O4/c1-3-16-14-24-19(21(27)25-13-15-4-6-17(23)7-5-15)12-20(16)30-18-8-10-26(11-9-18)22(28)29-2/h4-7,12,14,18H,3,8-11,13H2,1-2H3,(H,25,27). The lowest BCUT2D eigenvalue weighted by molar-refractivity contribution is 0.0783. The fraction of sp³-hybridized carbons (Fsp3) is 0.409. The van der Waals surface area contributed by atoms with Crippen LogP contribution in [0.1, 0.15) is 41.4 Å². The van der Waals surface area contributed by atoms with E-state index in [1.807, 2.05) is 19.1 Å². The topological polar surface area (TPSA) is 80.8 Å². The summed E-state index contributed by atoms with van der Waals surface area (Å²) in [5.41, 5.74) is 2.20. The first kappa shape index (κ1) is 21.9. The molecule has 2 amide bonds. The second kappa shape index (κ2) is 10.3. The Kier molecular flexibility index (Phi) is 7.52. The van der Waals surface area contributed by atoms with E-state index in [2.05, 4.69) is 10.3 Å². The highest BCUT2D eigenvalue weighted by Gasteiger charge is 2.25. The molecule has 2 aromatic rings. The van der Waals surface area contributed by atoms with Crippen molar-refractivity contribution in [3.8, 4) is 5.75 Å². The van der Waals surface area contributed by atoms with Crippen LogP contribution in [0.2, 0.25) is 5.02 Å². The number of aryl methyl sites for hydroxylation is 1. The Hall–Kier alpha value is -2.80. The van der Waals surface area contributed by atoms with E-state index >= 15 is 0 Å². The minimum absolute atomic E-state index is 0.0245. The summed E-state index contributed by atoms with van der Waals surface area (Å²) in [7, 11) is 1.38. The van der Waals surface area contributed by atoms with Gasteiger partial charge in [0.25, 0.3) is 5.91 Å². The first-order valence-electron chi connectivity index (χ1n) is 10.0. The fourth-order valence-corrected chi connectivity index (χ4v) is 3.43. The van der Waals surface area contributed by atoms with Crippen LogP contribution in [0.25, 0.3) is 0 Å². The van der Waals surface area contributed by atoms with Gasteiger partial charge in [-0.3, -0.25) is 9.78 Å². The number of halogens is 1. The van der Waals surface area contributed by atoms with Gasteiger partial charge in [-0.05, 0) is 24.1 Å². The van der Waals surface area contributed by atoms with E-state index in [-0.39, 0.29) is 18.1 Å². The first-order chi connectivity index (χ1) is 14.5. The number of nitrogens with one attached hydrogen (secondary N) is 1. The number of carbonyl (C=O) groups excluding carboxylic acids is 2. The van der Waals surface area contributed by atoms with Crippen molar-refractivity contribution in [2.24, 2.45) is 0 Å². The number of methoxy groups -OCH3 is 1. The summed E-state index contributed by atoms with van der Waals surface area (Å²) in [6.07, 6.45) is 3.51. The van der Waals surface area contributed by atoms with Crippen molar-refractivity contribution in [3.63, 3.8) is 0 Å². The van der Waals surface area contributed by atoms with Gasteiger partial charge in [-0.25, -0.2) is 4.79 Å². The maximum atomic E-state index is 12.6.